The lowest BCUT2D eigenvalue weighted by molar-refractivity contribution is 0.149. The molecular formula is C15H24N2. The van der Waals surface area contributed by atoms with Crippen LogP contribution in [0.1, 0.15) is 37.8 Å². The first-order chi connectivity index (χ1) is 8.18. The van der Waals surface area contributed by atoms with E-state index in [2.05, 4.69) is 49.2 Å². The third-order valence-electron chi connectivity index (χ3n) is 3.88. The number of nitrogens with zero attached hydrogens (tertiary/aromatic N) is 1. The minimum atomic E-state index is 0.169. The highest BCUT2D eigenvalue weighted by Gasteiger charge is 2.25. The van der Waals surface area contributed by atoms with Crippen molar-refractivity contribution in [3.05, 3.63) is 35.9 Å². The van der Waals surface area contributed by atoms with Gasteiger partial charge in [-0.2, -0.15) is 0 Å². The van der Waals surface area contributed by atoms with E-state index in [9.17, 15) is 0 Å². The Morgan fingerprint density at radius 1 is 1.29 bits per heavy atom. The summed E-state index contributed by atoms with van der Waals surface area (Å²) in [6.07, 6.45) is 4.20. The topological polar surface area (TPSA) is 29.3 Å². The largest absolute Gasteiger partial charge is 0.326 e. The maximum Gasteiger partial charge on any atom is 0.0493 e. The summed E-state index contributed by atoms with van der Waals surface area (Å²) in [5.74, 6) is 0.893. The van der Waals surface area contributed by atoms with Crippen molar-refractivity contribution in [2.75, 3.05) is 13.6 Å². The van der Waals surface area contributed by atoms with Crippen molar-refractivity contribution in [3.63, 3.8) is 0 Å². The summed E-state index contributed by atoms with van der Waals surface area (Å²) in [6.45, 7) is 3.29. The fraction of sp³-hybridized carbons (Fsp3) is 0.600. The molecular weight excluding hydrogens is 208 g/mol. The van der Waals surface area contributed by atoms with Crippen LogP contribution in [0, 0.1) is 5.92 Å². The molecule has 0 aromatic heterocycles. The summed E-state index contributed by atoms with van der Waals surface area (Å²) in [4.78, 5) is 2.43. The highest BCUT2D eigenvalue weighted by Crippen LogP contribution is 2.30. The van der Waals surface area contributed by atoms with Gasteiger partial charge in [-0.15, -0.1) is 0 Å². The van der Waals surface area contributed by atoms with Crippen LogP contribution in [0.2, 0.25) is 0 Å². The van der Waals surface area contributed by atoms with Crippen molar-refractivity contribution in [3.8, 4) is 0 Å². The van der Waals surface area contributed by atoms with Gasteiger partial charge >= 0.3 is 0 Å². The zero-order chi connectivity index (χ0) is 12.3. The van der Waals surface area contributed by atoms with E-state index in [4.69, 9.17) is 5.73 Å². The van der Waals surface area contributed by atoms with Gasteiger partial charge in [0.25, 0.3) is 0 Å². The predicted molar refractivity (Wildman–Crippen MR) is 72.8 cm³/mol. The molecule has 0 bridgehead atoms. The Kier molecular flexibility index (Phi) is 4.19. The van der Waals surface area contributed by atoms with Gasteiger partial charge in [0.1, 0.15) is 0 Å². The second-order valence-corrected chi connectivity index (χ2v) is 5.45. The van der Waals surface area contributed by atoms with Crippen molar-refractivity contribution in [2.24, 2.45) is 11.7 Å². The molecule has 0 amide bonds. The smallest absolute Gasteiger partial charge is 0.0493 e. The molecule has 2 rings (SSSR count). The van der Waals surface area contributed by atoms with Gasteiger partial charge in [-0.1, -0.05) is 36.8 Å². The SMILES string of the molecule is CC(N)C(c1ccccc1)N(C)CC1CCC1. The summed E-state index contributed by atoms with van der Waals surface area (Å²) in [6, 6.07) is 11.1. The average Bonchev–Trinajstić information content (AvgIpc) is 2.25. The Morgan fingerprint density at radius 3 is 2.41 bits per heavy atom. The van der Waals surface area contributed by atoms with E-state index in [1.807, 2.05) is 0 Å². The van der Waals surface area contributed by atoms with E-state index in [-0.39, 0.29) is 6.04 Å². The molecule has 1 aliphatic rings. The third kappa shape index (κ3) is 3.08. The van der Waals surface area contributed by atoms with Gasteiger partial charge in [0.05, 0.1) is 0 Å². The Bertz CT molecular complexity index is 330. The molecule has 17 heavy (non-hydrogen) atoms. The Balaban J connectivity index is 2.05. The van der Waals surface area contributed by atoms with Crippen molar-refractivity contribution in [1.29, 1.82) is 0 Å². The van der Waals surface area contributed by atoms with Crippen molar-refractivity contribution < 1.29 is 0 Å². The van der Waals surface area contributed by atoms with Crippen LogP contribution in [-0.4, -0.2) is 24.5 Å². The number of likely N-dealkylation sites (N-methyl/N-ethyl adjacent to an activating group) is 1. The fourth-order valence-corrected chi connectivity index (χ4v) is 2.81. The molecule has 2 unspecified atom stereocenters. The number of hydrogen-bond donors (Lipinski definition) is 1. The molecule has 2 N–H and O–H groups in total. The first-order valence-corrected chi connectivity index (χ1v) is 6.69. The third-order valence-corrected chi connectivity index (χ3v) is 3.88. The molecule has 94 valence electrons. The van der Waals surface area contributed by atoms with Gasteiger partial charge in [0.2, 0.25) is 0 Å². The minimum absolute atomic E-state index is 0.169. The van der Waals surface area contributed by atoms with E-state index in [1.165, 1.54) is 31.4 Å². The fourth-order valence-electron chi connectivity index (χ4n) is 2.81. The lowest BCUT2D eigenvalue weighted by Gasteiger charge is -2.36. The zero-order valence-electron chi connectivity index (χ0n) is 11.0. The molecule has 2 heteroatoms. The van der Waals surface area contributed by atoms with Crippen LogP contribution in [0.4, 0.5) is 0 Å². The zero-order valence-corrected chi connectivity index (χ0v) is 11.0. The summed E-state index contributed by atoms with van der Waals surface area (Å²) in [5, 5.41) is 0. The molecule has 1 fully saturated rings. The molecule has 0 saturated heterocycles. The number of hydrogen-bond acceptors (Lipinski definition) is 2. The standard InChI is InChI=1S/C15H24N2/c1-12(16)15(14-9-4-3-5-10-14)17(2)11-13-7-6-8-13/h3-5,9-10,12-13,15H,6-8,11,16H2,1-2H3. The van der Waals surface area contributed by atoms with Crippen LogP contribution in [0.25, 0.3) is 0 Å². The molecule has 1 aromatic carbocycles. The van der Waals surface area contributed by atoms with Crippen molar-refractivity contribution in [1.82, 2.24) is 4.90 Å². The summed E-state index contributed by atoms with van der Waals surface area (Å²) < 4.78 is 0. The second-order valence-electron chi connectivity index (χ2n) is 5.45. The number of rotatable bonds is 5. The lowest BCUT2D eigenvalue weighted by atomic mass is 9.84. The average molecular weight is 232 g/mol. The van der Waals surface area contributed by atoms with Crippen molar-refractivity contribution >= 4 is 0 Å². The molecule has 2 nitrogen and oxygen atoms in total. The monoisotopic (exact) mass is 232 g/mol. The Hall–Kier alpha value is -0.860. The molecule has 1 aromatic rings. The first kappa shape index (κ1) is 12.6. The van der Waals surface area contributed by atoms with Gasteiger partial charge in [-0.25, -0.2) is 0 Å². The molecule has 0 heterocycles. The van der Waals surface area contributed by atoms with Crippen LogP contribution in [-0.2, 0) is 0 Å². The second kappa shape index (κ2) is 5.65. The minimum Gasteiger partial charge on any atom is -0.326 e. The van der Waals surface area contributed by atoms with Gasteiger partial charge in [0, 0.05) is 18.6 Å². The first-order valence-electron chi connectivity index (χ1n) is 6.69. The molecule has 0 radical (unpaired) electrons. The van der Waals surface area contributed by atoms with Crippen LogP contribution in [0.3, 0.4) is 0 Å². The molecule has 2 atom stereocenters. The van der Waals surface area contributed by atoms with Crippen LogP contribution in [0.5, 0.6) is 0 Å². The van der Waals surface area contributed by atoms with E-state index >= 15 is 0 Å². The van der Waals surface area contributed by atoms with Crippen molar-refractivity contribution in [2.45, 2.75) is 38.3 Å². The maximum atomic E-state index is 6.16. The Morgan fingerprint density at radius 2 is 1.94 bits per heavy atom. The maximum absolute atomic E-state index is 6.16. The highest BCUT2D eigenvalue weighted by molar-refractivity contribution is 5.20. The quantitative estimate of drug-likeness (QED) is 0.846. The summed E-state index contributed by atoms with van der Waals surface area (Å²) in [5.41, 5.74) is 7.50. The molecule has 0 aliphatic heterocycles. The normalized spacial score (nSPS) is 20.0. The van der Waals surface area contributed by atoms with Crippen LogP contribution in [0.15, 0.2) is 30.3 Å². The molecule has 0 spiro atoms. The van der Waals surface area contributed by atoms with Gasteiger partial charge in [-0.05, 0) is 38.3 Å². The lowest BCUT2D eigenvalue weighted by Crippen LogP contribution is -2.40. The summed E-state index contributed by atoms with van der Waals surface area (Å²) >= 11 is 0. The van der Waals surface area contributed by atoms with Gasteiger partial charge in [0.15, 0.2) is 0 Å². The highest BCUT2D eigenvalue weighted by atomic mass is 15.1. The molecule has 1 aliphatic carbocycles. The van der Waals surface area contributed by atoms with E-state index in [1.54, 1.807) is 0 Å². The van der Waals surface area contributed by atoms with Crippen LogP contribution >= 0.6 is 0 Å². The van der Waals surface area contributed by atoms with Gasteiger partial charge in [-0.3, -0.25) is 4.90 Å². The van der Waals surface area contributed by atoms with E-state index in [0.717, 1.165) is 5.92 Å². The van der Waals surface area contributed by atoms with E-state index < -0.39 is 0 Å². The number of nitrogens with two attached hydrogens (primary N) is 1. The van der Waals surface area contributed by atoms with E-state index in [0.29, 0.717) is 6.04 Å². The van der Waals surface area contributed by atoms with Gasteiger partial charge < -0.3 is 5.73 Å². The van der Waals surface area contributed by atoms with Crippen LogP contribution < -0.4 is 5.73 Å². The molecule has 1 saturated carbocycles. The predicted octanol–water partition coefficient (Wildman–Crippen LogP) is 2.81. The number of benzene rings is 1. The summed E-state index contributed by atoms with van der Waals surface area (Å²) in [7, 11) is 2.21. The Labute approximate surface area is 105 Å².